The summed E-state index contributed by atoms with van der Waals surface area (Å²) in [4.78, 5) is 4.21. The minimum absolute atomic E-state index is 0.0868. The molecule has 7 heavy (non-hydrogen) atoms. The first kappa shape index (κ1) is 6.14. The van der Waals surface area contributed by atoms with Crippen LogP contribution in [-0.4, -0.2) is 13.1 Å². The van der Waals surface area contributed by atoms with E-state index >= 15 is 0 Å². The van der Waals surface area contributed by atoms with Crippen LogP contribution in [0.1, 0.15) is 0 Å². The lowest BCUT2D eigenvalue weighted by Gasteiger charge is -1.84. The molecule has 0 spiro atoms. The first-order valence-electron chi connectivity index (χ1n) is 1.76. The van der Waals surface area contributed by atoms with Gasteiger partial charge in [0.05, 0.1) is 0 Å². The van der Waals surface area contributed by atoms with Crippen LogP contribution in [0.3, 0.4) is 0 Å². The summed E-state index contributed by atoms with van der Waals surface area (Å²) in [5, 5.41) is 2.80. The third kappa shape index (κ3) is 5.14. The molecule has 3 heteroatoms. The van der Waals surface area contributed by atoms with E-state index in [1.807, 2.05) is 0 Å². The van der Waals surface area contributed by atoms with Gasteiger partial charge in [-0.2, -0.15) is 4.39 Å². The standard InChI is InChI=1S/C4H6FNO/c1-2-3-7-6-4-5/h2,4H,1,3H2. The van der Waals surface area contributed by atoms with Gasteiger partial charge in [0.25, 0.3) is 0 Å². The molecular formula is C4H6FNO. The predicted molar refractivity (Wildman–Crippen MR) is 25.7 cm³/mol. The predicted octanol–water partition coefficient (Wildman–Crippen LogP) is 1.10. The Morgan fingerprint density at radius 3 is 3.00 bits per heavy atom. The van der Waals surface area contributed by atoms with E-state index in [1.165, 1.54) is 6.08 Å². The highest BCUT2D eigenvalue weighted by Gasteiger charge is 1.67. The average molecular weight is 103 g/mol. The lowest BCUT2D eigenvalue weighted by Crippen LogP contribution is -1.77. The number of halogens is 1. The molecule has 0 aliphatic rings. The van der Waals surface area contributed by atoms with E-state index in [0.717, 1.165) is 0 Å². The third-order valence-corrected chi connectivity index (χ3v) is 0.307. The quantitative estimate of drug-likeness (QED) is 0.227. The number of hydrogen-bond acceptors (Lipinski definition) is 2. The van der Waals surface area contributed by atoms with Crippen molar-refractivity contribution in [2.75, 3.05) is 6.61 Å². The maximum absolute atomic E-state index is 10.9. The van der Waals surface area contributed by atoms with E-state index in [1.54, 1.807) is 0 Å². The van der Waals surface area contributed by atoms with Crippen LogP contribution in [0.4, 0.5) is 4.39 Å². The molecular weight excluding hydrogens is 97.0 g/mol. The van der Waals surface area contributed by atoms with Crippen LogP contribution in [0, 0.1) is 0 Å². The van der Waals surface area contributed by atoms with Crippen molar-refractivity contribution in [2.45, 2.75) is 0 Å². The molecule has 0 saturated carbocycles. The molecule has 0 heterocycles. The molecule has 40 valence electrons. The molecule has 2 nitrogen and oxygen atoms in total. The van der Waals surface area contributed by atoms with Gasteiger partial charge in [-0.25, -0.2) is 0 Å². The van der Waals surface area contributed by atoms with Crippen molar-refractivity contribution in [1.29, 1.82) is 0 Å². The number of hydrogen-bond donors (Lipinski definition) is 0. The topological polar surface area (TPSA) is 21.6 Å². The van der Waals surface area contributed by atoms with Gasteiger partial charge in [-0.1, -0.05) is 17.8 Å². The van der Waals surface area contributed by atoms with E-state index in [-0.39, 0.29) is 13.1 Å². The van der Waals surface area contributed by atoms with E-state index in [4.69, 9.17) is 0 Å². The molecule has 0 aliphatic carbocycles. The molecule has 0 aliphatic heterocycles. The van der Waals surface area contributed by atoms with Crippen molar-refractivity contribution in [3.05, 3.63) is 12.7 Å². The second-order valence-electron chi connectivity index (χ2n) is 0.787. The van der Waals surface area contributed by atoms with Crippen molar-refractivity contribution >= 4 is 6.47 Å². The second-order valence-corrected chi connectivity index (χ2v) is 0.787. The largest absolute Gasteiger partial charge is 0.390 e. The van der Waals surface area contributed by atoms with Crippen molar-refractivity contribution in [3.63, 3.8) is 0 Å². The fourth-order valence-corrected chi connectivity index (χ4v) is 0.124. The summed E-state index contributed by atoms with van der Waals surface area (Å²) in [7, 11) is 0. The highest BCUT2D eigenvalue weighted by Crippen LogP contribution is 1.72. The Labute approximate surface area is 41.3 Å². The molecule has 0 aromatic rings. The van der Waals surface area contributed by atoms with Crippen LogP contribution >= 0.6 is 0 Å². The minimum Gasteiger partial charge on any atom is -0.390 e. The molecule has 0 N–H and O–H groups in total. The fourth-order valence-electron chi connectivity index (χ4n) is 0.124. The molecule has 0 atom stereocenters. The Kier molecular flexibility index (Phi) is 4.51. The molecule has 0 unspecified atom stereocenters. The van der Waals surface area contributed by atoms with Crippen molar-refractivity contribution in [2.24, 2.45) is 5.16 Å². The fraction of sp³-hybridized carbons (Fsp3) is 0.250. The summed E-state index contributed by atoms with van der Waals surface area (Å²) in [5.74, 6) is 0. The average Bonchev–Trinajstić information content (AvgIpc) is 1.69. The molecule has 0 saturated heterocycles. The van der Waals surface area contributed by atoms with E-state index in [9.17, 15) is 4.39 Å². The lowest BCUT2D eigenvalue weighted by atomic mass is 10.7. The van der Waals surface area contributed by atoms with Crippen LogP contribution in [-0.2, 0) is 4.84 Å². The summed E-state index contributed by atoms with van der Waals surface area (Å²) < 4.78 is 10.9. The summed E-state index contributed by atoms with van der Waals surface area (Å²) in [6, 6.07) is 0. The van der Waals surface area contributed by atoms with Crippen molar-refractivity contribution in [3.8, 4) is 0 Å². The van der Waals surface area contributed by atoms with Crippen molar-refractivity contribution < 1.29 is 9.23 Å². The van der Waals surface area contributed by atoms with Gasteiger partial charge in [0.1, 0.15) is 6.61 Å². The van der Waals surface area contributed by atoms with Gasteiger partial charge < -0.3 is 4.84 Å². The molecule has 0 bridgehead atoms. The summed E-state index contributed by atoms with van der Waals surface area (Å²) in [5.41, 5.74) is 0. The van der Waals surface area contributed by atoms with Gasteiger partial charge in [0.15, 0.2) is 0 Å². The smallest absolute Gasteiger partial charge is 0.214 e. The number of nitrogens with zero attached hydrogens (tertiary/aromatic N) is 1. The van der Waals surface area contributed by atoms with Crippen LogP contribution in [0.15, 0.2) is 17.8 Å². The maximum Gasteiger partial charge on any atom is 0.214 e. The van der Waals surface area contributed by atoms with Crippen LogP contribution < -0.4 is 0 Å². The third-order valence-electron chi connectivity index (χ3n) is 0.307. The molecule has 0 rings (SSSR count). The second kappa shape index (κ2) is 5.14. The SMILES string of the molecule is C=CCON=CF. The number of oxime groups is 1. The zero-order valence-corrected chi connectivity index (χ0v) is 3.80. The molecule has 0 radical (unpaired) electrons. The molecule has 0 amide bonds. The minimum atomic E-state index is 0.0868. The van der Waals surface area contributed by atoms with Crippen molar-refractivity contribution in [1.82, 2.24) is 0 Å². The van der Waals surface area contributed by atoms with E-state index in [0.29, 0.717) is 0 Å². The zero-order chi connectivity index (χ0) is 5.54. The van der Waals surface area contributed by atoms with Gasteiger partial charge in [-0.05, 0) is 0 Å². The van der Waals surface area contributed by atoms with Gasteiger partial charge >= 0.3 is 0 Å². The van der Waals surface area contributed by atoms with Gasteiger partial charge in [0, 0.05) is 0 Å². The summed E-state index contributed by atoms with van der Waals surface area (Å²) >= 11 is 0. The Bertz CT molecular complexity index is 72.1. The Hall–Kier alpha value is -0.860. The number of rotatable bonds is 3. The first-order chi connectivity index (χ1) is 3.41. The van der Waals surface area contributed by atoms with Gasteiger partial charge in [0.2, 0.25) is 6.47 Å². The van der Waals surface area contributed by atoms with E-state index < -0.39 is 0 Å². The maximum atomic E-state index is 10.9. The first-order valence-corrected chi connectivity index (χ1v) is 1.76. The Balaban J connectivity index is 2.82. The van der Waals surface area contributed by atoms with E-state index in [2.05, 4.69) is 16.6 Å². The summed E-state index contributed by atoms with van der Waals surface area (Å²) in [6.07, 6.45) is 1.48. The Morgan fingerprint density at radius 2 is 2.57 bits per heavy atom. The normalized spacial score (nSPS) is 9.29. The monoisotopic (exact) mass is 103 g/mol. The summed E-state index contributed by atoms with van der Waals surface area (Å²) in [6.45, 7) is 3.65. The van der Waals surface area contributed by atoms with Gasteiger partial charge in [-0.15, -0.1) is 0 Å². The van der Waals surface area contributed by atoms with Crippen LogP contribution in [0.25, 0.3) is 0 Å². The Morgan fingerprint density at radius 1 is 1.86 bits per heavy atom. The highest BCUT2D eigenvalue weighted by molar-refractivity contribution is 5.42. The molecule has 0 aromatic heterocycles. The lowest BCUT2D eigenvalue weighted by molar-refractivity contribution is 0.173. The highest BCUT2D eigenvalue weighted by atomic mass is 19.1. The molecule has 0 aromatic carbocycles. The molecule has 0 fully saturated rings. The van der Waals surface area contributed by atoms with Crippen LogP contribution in [0.2, 0.25) is 0 Å². The zero-order valence-electron chi connectivity index (χ0n) is 3.80. The van der Waals surface area contributed by atoms with Gasteiger partial charge in [-0.3, -0.25) is 0 Å². The van der Waals surface area contributed by atoms with Crippen LogP contribution in [0.5, 0.6) is 0 Å².